The van der Waals surface area contributed by atoms with E-state index in [1.807, 2.05) is 0 Å². The number of hydrogen-bond donors (Lipinski definition) is 1. The predicted molar refractivity (Wildman–Crippen MR) is 132 cm³/mol. The highest BCUT2D eigenvalue weighted by Crippen LogP contribution is 2.30. The lowest BCUT2D eigenvalue weighted by Crippen LogP contribution is -2.08. The molecule has 1 atom stereocenters. The van der Waals surface area contributed by atoms with Crippen molar-refractivity contribution in [2.45, 2.75) is 45.3 Å². The highest BCUT2D eigenvalue weighted by molar-refractivity contribution is 7.89. The first-order valence-electron chi connectivity index (χ1n) is 11.4. The summed E-state index contributed by atoms with van der Waals surface area (Å²) >= 11 is 0. The van der Waals surface area contributed by atoms with Crippen LogP contribution in [0.15, 0.2) is 48.8 Å². The Morgan fingerprint density at radius 1 is 1.09 bits per heavy atom. The summed E-state index contributed by atoms with van der Waals surface area (Å²) in [6.45, 7) is 4.82. The molecule has 0 aliphatic heterocycles. The Morgan fingerprint density at radius 3 is 2.65 bits per heavy atom. The average molecular weight is 487 g/mol. The van der Waals surface area contributed by atoms with E-state index in [1.54, 1.807) is 30.3 Å². The number of sulfone groups is 1. The number of nitrogens with zero attached hydrogens (tertiary/aromatic N) is 3. The van der Waals surface area contributed by atoms with E-state index in [0.717, 1.165) is 25.7 Å². The van der Waals surface area contributed by atoms with Crippen LogP contribution in [0.5, 0.6) is 5.75 Å². The van der Waals surface area contributed by atoms with Gasteiger partial charge in [-0.2, -0.15) is 4.98 Å². The summed E-state index contributed by atoms with van der Waals surface area (Å²) in [5.74, 6) is 1.14. The molecule has 182 valence electrons. The Bertz CT molecular complexity index is 1200. The molecule has 2 aromatic carbocycles. The fourth-order valence-corrected chi connectivity index (χ4v) is 4.54. The number of rotatable bonds is 12. The zero-order valence-corrected chi connectivity index (χ0v) is 20.6. The second kappa shape index (κ2) is 11.9. The molecule has 1 N–H and O–H groups in total. The molecule has 0 aliphatic rings. The molecule has 0 saturated carbocycles. The van der Waals surface area contributed by atoms with Crippen LogP contribution in [0.25, 0.3) is 11.4 Å². The number of ether oxygens (including phenoxy) is 1. The van der Waals surface area contributed by atoms with Crippen molar-refractivity contribution < 1.29 is 17.5 Å². The summed E-state index contributed by atoms with van der Waals surface area (Å²) in [6, 6.07) is 11.3. The lowest BCUT2D eigenvalue weighted by molar-refractivity contribution is 0.268. The van der Waals surface area contributed by atoms with Gasteiger partial charge in [0.15, 0.2) is 15.7 Å². The van der Waals surface area contributed by atoms with Crippen molar-refractivity contribution >= 4 is 21.5 Å². The van der Waals surface area contributed by atoms with Crippen LogP contribution in [-0.4, -0.2) is 36.2 Å². The van der Waals surface area contributed by atoms with Gasteiger partial charge in [0, 0.05) is 18.0 Å². The van der Waals surface area contributed by atoms with Crippen LogP contribution in [-0.2, 0) is 15.6 Å². The average Bonchev–Trinajstić information content (AvgIpc) is 2.78. The number of aromatic nitrogens is 3. The molecule has 1 heterocycles. The van der Waals surface area contributed by atoms with Crippen molar-refractivity contribution in [3.63, 3.8) is 0 Å². The molecular weight excluding hydrogens is 455 g/mol. The maximum Gasteiger partial charge on any atom is 0.230 e. The van der Waals surface area contributed by atoms with Crippen molar-refractivity contribution in [2.24, 2.45) is 5.92 Å². The second-order valence-electron chi connectivity index (χ2n) is 8.37. The third-order valence-electron chi connectivity index (χ3n) is 5.43. The second-order valence-corrected chi connectivity index (χ2v) is 10.5. The van der Waals surface area contributed by atoms with E-state index in [4.69, 9.17) is 4.74 Å². The Hall–Kier alpha value is -3.07. The summed E-state index contributed by atoms with van der Waals surface area (Å²) in [5, 5.41) is 3.08. The van der Waals surface area contributed by atoms with Gasteiger partial charge in [-0.1, -0.05) is 45.2 Å². The van der Waals surface area contributed by atoms with Gasteiger partial charge < -0.3 is 10.1 Å². The summed E-state index contributed by atoms with van der Waals surface area (Å²) in [4.78, 5) is 12.9. The van der Waals surface area contributed by atoms with Crippen LogP contribution < -0.4 is 10.1 Å². The van der Waals surface area contributed by atoms with E-state index in [2.05, 4.69) is 34.1 Å². The van der Waals surface area contributed by atoms with Crippen molar-refractivity contribution in [1.82, 2.24) is 15.0 Å². The van der Waals surface area contributed by atoms with Crippen molar-refractivity contribution in [2.75, 3.05) is 18.2 Å². The largest absolute Gasteiger partial charge is 0.493 e. The monoisotopic (exact) mass is 486 g/mol. The number of benzene rings is 2. The first-order valence-corrected chi connectivity index (χ1v) is 13.5. The molecule has 3 aromatic rings. The van der Waals surface area contributed by atoms with Crippen molar-refractivity contribution in [3.05, 3.63) is 60.2 Å². The molecule has 0 fully saturated rings. The first kappa shape index (κ1) is 25.6. The standard InChI is InChI=1S/C25H31FN4O3S/c1-4-7-18(5-2)12-13-33-23-15-20(26)10-11-22(23)24-27-17-28-25(30-24)29-21-9-6-8-19(14-21)16-34(3,31)32/h6,8-11,14-15,17-18H,4-5,7,12-13,16H2,1-3H3,(H,27,28,29,30). The molecule has 0 aliphatic carbocycles. The zero-order valence-electron chi connectivity index (χ0n) is 19.8. The van der Waals surface area contributed by atoms with Crippen LogP contribution in [0.1, 0.15) is 45.1 Å². The normalized spacial score (nSPS) is 12.4. The fraction of sp³-hybridized carbons (Fsp3) is 0.400. The van der Waals surface area contributed by atoms with Crippen molar-refractivity contribution in [3.8, 4) is 17.1 Å². The SMILES string of the molecule is CCCC(CC)CCOc1cc(F)ccc1-c1ncnc(Nc2cccc(CS(C)(=O)=O)c2)n1. The first-order chi connectivity index (χ1) is 16.3. The summed E-state index contributed by atoms with van der Waals surface area (Å²) in [7, 11) is -3.15. The number of hydrogen-bond acceptors (Lipinski definition) is 7. The molecule has 7 nitrogen and oxygen atoms in total. The highest BCUT2D eigenvalue weighted by Gasteiger charge is 2.14. The van der Waals surface area contributed by atoms with E-state index in [0.29, 0.717) is 40.9 Å². The molecule has 1 unspecified atom stereocenters. The van der Waals surface area contributed by atoms with E-state index in [-0.39, 0.29) is 11.7 Å². The van der Waals surface area contributed by atoms with E-state index < -0.39 is 15.7 Å². The minimum Gasteiger partial charge on any atom is -0.493 e. The third kappa shape index (κ3) is 7.76. The van der Waals surface area contributed by atoms with E-state index in [1.165, 1.54) is 24.7 Å². The quantitative estimate of drug-likeness (QED) is 0.358. The Morgan fingerprint density at radius 2 is 1.91 bits per heavy atom. The summed E-state index contributed by atoms with van der Waals surface area (Å²) in [6.07, 6.45) is 6.81. The molecule has 3 rings (SSSR count). The Kier molecular flexibility index (Phi) is 8.92. The molecule has 1 aromatic heterocycles. The molecule has 0 radical (unpaired) electrons. The molecular formula is C25H31FN4O3S. The van der Waals surface area contributed by atoms with Crippen LogP contribution >= 0.6 is 0 Å². The van der Waals surface area contributed by atoms with Crippen LogP contribution in [0.3, 0.4) is 0 Å². The van der Waals surface area contributed by atoms with Gasteiger partial charge in [-0.25, -0.2) is 22.8 Å². The van der Waals surface area contributed by atoms with Gasteiger partial charge in [-0.15, -0.1) is 0 Å². The van der Waals surface area contributed by atoms with E-state index in [9.17, 15) is 12.8 Å². The van der Waals surface area contributed by atoms with Crippen LogP contribution in [0.2, 0.25) is 0 Å². The van der Waals surface area contributed by atoms with Gasteiger partial charge in [0.1, 0.15) is 17.9 Å². The number of halogens is 1. The molecule has 9 heteroatoms. The summed E-state index contributed by atoms with van der Waals surface area (Å²) in [5.41, 5.74) is 1.88. The van der Waals surface area contributed by atoms with Gasteiger partial charge in [0.2, 0.25) is 5.95 Å². The van der Waals surface area contributed by atoms with Gasteiger partial charge >= 0.3 is 0 Å². The third-order valence-corrected chi connectivity index (χ3v) is 6.28. The van der Waals surface area contributed by atoms with Gasteiger partial charge in [-0.3, -0.25) is 0 Å². The maximum atomic E-state index is 14.0. The minimum atomic E-state index is -3.15. The molecule has 0 saturated heterocycles. The Balaban J connectivity index is 1.78. The molecule has 0 spiro atoms. The fourth-order valence-electron chi connectivity index (χ4n) is 3.75. The lowest BCUT2D eigenvalue weighted by atomic mass is 9.98. The van der Waals surface area contributed by atoms with Crippen LogP contribution in [0, 0.1) is 11.7 Å². The van der Waals surface area contributed by atoms with Crippen LogP contribution in [0.4, 0.5) is 16.0 Å². The smallest absolute Gasteiger partial charge is 0.230 e. The predicted octanol–water partition coefficient (Wildman–Crippen LogP) is 5.56. The molecule has 0 amide bonds. The van der Waals surface area contributed by atoms with Crippen molar-refractivity contribution in [1.29, 1.82) is 0 Å². The molecule has 0 bridgehead atoms. The minimum absolute atomic E-state index is 0.0571. The van der Waals surface area contributed by atoms with E-state index >= 15 is 0 Å². The Labute approximate surface area is 200 Å². The van der Waals surface area contributed by atoms with Gasteiger partial charge in [-0.05, 0) is 42.2 Å². The van der Waals surface area contributed by atoms with Gasteiger partial charge in [0.25, 0.3) is 0 Å². The zero-order chi connectivity index (χ0) is 24.6. The summed E-state index contributed by atoms with van der Waals surface area (Å²) < 4.78 is 43.1. The number of nitrogens with one attached hydrogen (secondary N) is 1. The van der Waals surface area contributed by atoms with Gasteiger partial charge in [0.05, 0.1) is 17.9 Å². The number of anilines is 2. The molecule has 34 heavy (non-hydrogen) atoms. The topological polar surface area (TPSA) is 94.1 Å². The lowest BCUT2D eigenvalue weighted by Gasteiger charge is -2.16. The maximum absolute atomic E-state index is 14.0. The highest BCUT2D eigenvalue weighted by atomic mass is 32.2.